The van der Waals surface area contributed by atoms with Crippen molar-refractivity contribution in [2.75, 3.05) is 0 Å². The van der Waals surface area contributed by atoms with Gasteiger partial charge < -0.3 is 0 Å². The molecule has 0 nitrogen and oxygen atoms in total. The molecule has 0 spiro atoms. The highest BCUT2D eigenvalue weighted by Crippen LogP contribution is 2.19. The van der Waals surface area contributed by atoms with Crippen molar-refractivity contribution < 1.29 is 0 Å². The minimum absolute atomic E-state index is 1.02. The molecule has 0 heterocycles. The summed E-state index contributed by atoms with van der Waals surface area (Å²) >= 11 is 0. The summed E-state index contributed by atoms with van der Waals surface area (Å²) in [6.07, 6.45) is 8.93. The fraction of sp³-hybridized carbons (Fsp3) is 0.364. The second kappa shape index (κ2) is 7.98. The van der Waals surface area contributed by atoms with E-state index in [0.29, 0.717) is 0 Å². The van der Waals surface area contributed by atoms with Crippen LogP contribution in [0.2, 0.25) is 0 Å². The lowest BCUT2D eigenvalue weighted by atomic mass is 9.94. The second-order valence-corrected chi connectivity index (χ2v) is 6.12. The Kier molecular flexibility index (Phi) is 6.00. The van der Waals surface area contributed by atoms with E-state index in [1.54, 1.807) is 0 Å². The minimum atomic E-state index is 1.02. The molecule has 2 aromatic carbocycles. The van der Waals surface area contributed by atoms with Gasteiger partial charge >= 0.3 is 0 Å². The quantitative estimate of drug-likeness (QED) is 0.593. The maximum atomic E-state index is 2.40. The van der Waals surface area contributed by atoms with E-state index in [9.17, 15) is 0 Å². The predicted octanol–water partition coefficient (Wildman–Crippen LogP) is 5.77. The Hall–Kier alpha value is -1.82. The largest absolute Gasteiger partial charge is 0.0838 e. The molecule has 0 aliphatic heterocycles. The van der Waals surface area contributed by atoms with Crippen molar-refractivity contribution in [3.05, 3.63) is 81.9 Å². The van der Waals surface area contributed by atoms with E-state index >= 15 is 0 Å². The molecule has 0 N–H and O–H groups in total. The Balaban J connectivity index is 2.02. The Bertz CT molecular complexity index is 630. The van der Waals surface area contributed by atoms with Crippen LogP contribution < -0.4 is 0 Å². The molecule has 0 bridgehead atoms. The molecule has 0 amide bonds. The van der Waals surface area contributed by atoms with E-state index in [-0.39, 0.29) is 0 Å². The predicted molar refractivity (Wildman–Crippen MR) is 97.7 cm³/mol. The summed E-state index contributed by atoms with van der Waals surface area (Å²) in [5.41, 5.74) is 8.62. The molecular weight excluding hydrogens is 264 g/mol. The summed E-state index contributed by atoms with van der Waals surface area (Å²) in [6.45, 7) is 8.86. The van der Waals surface area contributed by atoms with E-state index in [1.165, 1.54) is 33.4 Å². The van der Waals surface area contributed by atoms with Crippen molar-refractivity contribution in [2.45, 2.75) is 53.4 Å². The van der Waals surface area contributed by atoms with Crippen molar-refractivity contribution in [2.24, 2.45) is 0 Å². The normalized spacial score (nSPS) is 11.3. The van der Waals surface area contributed by atoms with Gasteiger partial charge in [-0.1, -0.05) is 68.0 Å². The molecular formula is C22H28. The highest BCUT2D eigenvalue weighted by atomic mass is 14.1. The number of rotatable bonds is 6. The molecule has 0 aromatic heterocycles. The van der Waals surface area contributed by atoms with E-state index in [4.69, 9.17) is 0 Å². The lowest BCUT2D eigenvalue weighted by Gasteiger charge is -2.11. The third-order valence-electron chi connectivity index (χ3n) is 4.40. The van der Waals surface area contributed by atoms with Crippen molar-refractivity contribution in [1.82, 2.24) is 0 Å². The van der Waals surface area contributed by atoms with Crippen LogP contribution in [0.1, 0.15) is 47.2 Å². The van der Waals surface area contributed by atoms with Crippen LogP contribution in [0.3, 0.4) is 0 Å². The fourth-order valence-electron chi connectivity index (χ4n) is 2.92. The van der Waals surface area contributed by atoms with Crippen LogP contribution in [0.5, 0.6) is 0 Å². The first-order valence-electron chi connectivity index (χ1n) is 8.45. The zero-order valence-electron chi connectivity index (χ0n) is 14.4. The molecule has 0 atom stereocenters. The highest BCUT2D eigenvalue weighted by molar-refractivity contribution is 5.39. The minimum Gasteiger partial charge on any atom is -0.0838 e. The van der Waals surface area contributed by atoms with Gasteiger partial charge in [-0.3, -0.25) is 0 Å². The average molecular weight is 292 g/mol. The van der Waals surface area contributed by atoms with Gasteiger partial charge in [0.15, 0.2) is 0 Å². The van der Waals surface area contributed by atoms with Gasteiger partial charge in [-0.15, -0.1) is 0 Å². The Morgan fingerprint density at radius 1 is 0.727 bits per heavy atom. The van der Waals surface area contributed by atoms with Crippen LogP contribution in [-0.2, 0) is 25.7 Å². The van der Waals surface area contributed by atoms with Crippen molar-refractivity contribution >= 4 is 0 Å². The number of allylic oxidation sites excluding steroid dienone is 2. The first kappa shape index (κ1) is 16.5. The summed E-state index contributed by atoms with van der Waals surface area (Å²) < 4.78 is 0. The van der Waals surface area contributed by atoms with Crippen molar-refractivity contribution in [3.63, 3.8) is 0 Å². The van der Waals surface area contributed by atoms with Gasteiger partial charge in [-0.05, 0) is 67.3 Å². The Morgan fingerprint density at radius 2 is 1.36 bits per heavy atom. The van der Waals surface area contributed by atoms with Crippen LogP contribution in [0, 0.1) is 13.8 Å². The van der Waals surface area contributed by atoms with Gasteiger partial charge in [0.05, 0.1) is 0 Å². The first-order valence-corrected chi connectivity index (χ1v) is 8.45. The second-order valence-electron chi connectivity index (χ2n) is 6.12. The van der Waals surface area contributed by atoms with E-state index in [2.05, 4.69) is 76.2 Å². The van der Waals surface area contributed by atoms with Gasteiger partial charge in [-0.2, -0.15) is 0 Å². The lowest BCUT2D eigenvalue weighted by Crippen LogP contribution is -1.97. The molecule has 22 heavy (non-hydrogen) atoms. The van der Waals surface area contributed by atoms with Gasteiger partial charge in [0.25, 0.3) is 0 Å². The molecule has 2 aromatic rings. The summed E-state index contributed by atoms with van der Waals surface area (Å²) in [7, 11) is 0. The van der Waals surface area contributed by atoms with Crippen LogP contribution >= 0.6 is 0 Å². The average Bonchev–Trinajstić information content (AvgIpc) is 2.53. The summed E-state index contributed by atoms with van der Waals surface area (Å²) in [6, 6.07) is 13.6. The number of benzene rings is 2. The standard InChI is InChI=1S/C22H28/c1-5-20-16-21(6-2)22(15-18(20)4)10-8-7-9-19-13-11-17(3)12-14-19/h7-8,11-16H,5-6,9-10H2,1-4H3/b8-7-. The van der Waals surface area contributed by atoms with E-state index in [1.807, 2.05) is 0 Å². The summed E-state index contributed by atoms with van der Waals surface area (Å²) in [5, 5.41) is 0. The molecule has 116 valence electrons. The SMILES string of the molecule is CCc1cc(CC)c(C/C=C\Cc2ccc(C)cc2)cc1C. The maximum absolute atomic E-state index is 2.40. The molecule has 0 saturated heterocycles. The topological polar surface area (TPSA) is 0 Å². The zero-order chi connectivity index (χ0) is 15.9. The Morgan fingerprint density at radius 3 is 2.00 bits per heavy atom. The van der Waals surface area contributed by atoms with Gasteiger partial charge in [0.1, 0.15) is 0 Å². The molecule has 0 heteroatoms. The molecule has 0 aliphatic carbocycles. The number of hydrogen-bond donors (Lipinski definition) is 0. The summed E-state index contributed by atoms with van der Waals surface area (Å²) in [4.78, 5) is 0. The van der Waals surface area contributed by atoms with Gasteiger partial charge in [-0.25, -0.2) is 0 Å². The molecule has 0 fully saturated rings. The van der Waals surface area contributed by atoms with Crippen LogP contribution in [0.25, 0.3) is 0 Å². The summed E-state index contributed by atoms with van der Waals surface area (Å²) in [5.74, 6) is 0. The van der Waals surface area contributed by atoms with E-state index in [0.717, 1.165) is 25.7 Å². The molecule has 0 unspecified atom stereocenters. The molecule has 0 aliphatic rings. The third-order valence-corrected chi connectivity index (χ3v) is 4.40. The molecule has 0 saturated carbocycles. The fourth-order valence-corrected chi connectivity index (χ4v) is 2.92. The zero-order valence-corrected chi connectivity index (χ0v) is 14.4. The van der Waals surface area contributed by atoms with Gasteiger partial charge in [0, 0.05) is 0 Å². The van der Waals surface area contributed by atoms with Gasteiger partial charge in [0.2, 0.25) is 0 Å². The molecule has 2 rings (SSSR count). The third kappa shape index (κ3) is 4.34. The van der Waals surface area contributed by atoms with Crippen LogP contribution in [0.4, 0.5) is 0 Å². The van der Waals surface area contributed by atoms with Crippen molar-refractivity contribution in [3.8, 4) is 0 Å². The lowest BCUT2D eigenvalue weighted by molar-refractivity contribution is 1.03. The maximum Gasteiger partial charge on any atom is -0.00945 e. The van der Waals surface area contributed by atoms with Crippen LogP contribution in [0.15, 0.2) is 48.6 Å². The monoisotopic (exact) mass is 292 g/mol. The van der Waals surface area contributed by atoms with Crippen molar-refractivity contribution in [1.29, 1.82) is 0 Å². The van der Waals surface area contributed by atoms with Crippen LogP contribution in [-0.4, -0.2) is 0 Å². The number of aryl methyl sites for hydroxylation is 4. The highest BCUT2D eigenvalue weighted by Gasteiger charge is 2.04. The van der Waals surface area contributed by atoms with E-state index < -0.39 is 0 Å². The smallest absolute Gasteiger partial charge is 0.00945 e. The Labute approximate surface area is 135 Å². The molecule has 0 radical (unpaired) electrons. The first-order chi connectivity index (χ1) is 10.6. The number of hydrogen-bond acceptors (Lipinski definition) is 0.